The Balaban J connectivity index is 2.20. The van der Waals surface area contributed by atoms with Gasteiger partial charge in [-0.2, -0.15) is 0 Å². The van der Waals surface area contributed by atoms with Gasteiger partial charge in [0.1, 0.15) is 5.75 Å². The Bertz CT molecular complexity index is 393. The molecule has 0 aromatic heterocycles. The average molecular weight is 221 g/mol. The van der Waals surface area contributed by atoms with Gasteiger partial charge in [0.15, 0.2) is 0 Å². The van der Waals surface area contributed by atoms with Gasteiger partial charge in [0, 0.05) is 1.37 Å². The first-order chi connectivity index (χ1) is 8.16. The number of ether oxygens (including phenoxy) is 2. The van der Waals surface area contributed by atoms with E-state index >= 15 is 0 Å². The highest BCUT2D eigenvalue weighted by molar-refractivity contribution is 5.80. The third-order valence-electron chi connectivity index (χ3n) is 2.84. The lowest BCUT2D eigenvalue weighted by atomic mass is 10.0. The van der Waals surface area contributed by atoms with Crippen LogP contribution in [-0.4, -0.2) is 18.7 Å². The van der Waals surface area contributed by atoms with E-state index in [4.69, 9.17) is 10.8 Å². The molecule has 0 spiro atoms. The highest BCUT2D eigenvalue weighted by Crippen LogP contribution is 2.35. The van der Waals surface area contributed by atoms with Crippen LogP contribution in [0, 0.1) is 0 Å². The van der Waals surface area contributed by atoms with Gasteiger partial charge in [-0.25, -0.2) is 4.79 Å². The van der Waals surface area contributed by atoms with Crippen molar-refractivity contribution in [1.82, 2.24) is 0 Å². The molecular weight excluding hydrogens is 204 g/mol. The molecule has 0 amide bonds. The normalized spacial score (nSPS) is 29.6. The van der Waals surface area contributed by atoms with Crippen molar-refractivity contribution >= 4 is 5.97 Å². The lowest BCUT2D eigenvalue weighted by Crippen LogP contribution is -2.42. The van der Waals surface area contributed by atoms with Gasteiger partial charge in [0.25, 0.3) is 0 Å². The zero-order valence-electron chi connectivity index (χ0n) is 10.3. The lowest BCUT2D eigenvalue weighted by Gasteiger charge is -2.27. The van der Waals surface area contributed by atoms with Crippen molar-refractivity contribution < 1.29 is 15.6 Å². The maximum Gasteiger partial charge on any atom is 0.350 e. The van der Waals surface area contributed by atoms with Gasteiger partial charge in [0.05, 0.1) is 7.11 Å². The number of para-hydroxylation sites is 1. The van der Waals surface area contributed by atoms with E-state index < -0.39 is 5.60 Å². The fourth-order valence-electron chi connectivity index (χ4n) is 1.99. The molecule has 86 valence electrons. The van der Waals surface area contributed by atoms with Gasteiger partial charge in [-0.1, -0.05) is 18.2 Å². The van der Waals surface area contributed by atoms with Crippen LogP contribution < -0.4 is 4.74 Å². The molecule has 0 aliphatic heterocycles. The third kappa shape index (κ3) is 2.03. The summed E-state index contributed by atoms with van der Waals surface area (Å²) < 4.78 is 18.3. The van der Waals surface area contributed by atoms with Crippen molar-refractivity contribution in [1.29, 1.82) is 0 Å². The highest BCUT2D eigenvalue weighted by atomic mass is 16.6. The summed E-state index contributed by atoms with van der Waals surface area (Å²) in [4.78, 5) is 11.9. The largest absolute Gasteiger partial charge is 0.476 e. The quantitative estimate of drug-likeness (QED) is 0.736. The van der Waals surface area contributed by atoms with Crippen LogP contribution in [0.25, 0.3) is 0 Å². The minimum Gasteiger partial charge on any atom is -0.476 e. The van der Waals surface area contributed by atoms with Gasteiger partial charge in [0.2, 0.25) is 5.60 Å². The van der Waals surface area contributed by atoms with Crippen molar-refractivity contribution in [3.63, 3.8) is 0 Å². The summed E-state index contributed by atoms with van der Waals surface area (Å²) in [7, 11) is 1.36. The van der Waals surface area contributed by atoms with Crippen LogP contribution in [-0.2, 0) is 9.53 Å². The van der Waals surface area contributed by atoms with Gasteiger partial charge in [-0.15, -0.1) is 0 Å². The molecule has 0 bridgehead atoms. The van der Waals surface area contributed by atoms with Crippen LogP contribution in [0.3, 0.4) is 0 Å². The molecule has 1 aliphatic rings. The van der Waals surface area contributed by atoms with E-state index in [2.05, 4.69) is 0 Å². The molecule has 3 nitrogen and oxygen atoms in total. The molecule has 1 aromatic carbocycles. The zero-order valence-corrected chi connectivity index (χ0v) is 9.31. The fraction of sp³-hybridized carbons (Fsp3) is 0.462. The Morgan fingerprint density at radius 3 is 2.69 bits per heavy atom. The van der Waals surface area contributed by atoms with Gasteiger partial charge >= 0.3 is 5.97 Å². The molecule has 1 saturated carbocycles. The van der Waals surface area contributed by atoms with Crippen LogP contribution >= 0.6 is 0 Å². The molecule has 3 heteroatoms. The van der Waals surface area contributed by atoms with E-state index in [0.29, 0.717) is 25.0 Å². The summed E-state index contributed by atoms with van der Waals surface area (Å²) >= 11 is 0. The second-order valence-electron chi connectivity index (χ2n) is 3.93. The summed E-state index contributed by atoms with van der Waals surface area (Å²) in [6.45, 7) is 0. The first-order valence-electron chi connectivity index (χ1n) is 5.99. The van der Waals surface area contributed by atoms with E-state index in [0.717, 1.165) is 0 Å². The highest BCUT2D eigenvalue weighted by Gasteiger charge is 2.44. The summed E-state index contributed by atoms with van der Waals surface area (Å²) in [5.41, 5.74) is -0.970. The molecule has 2 unspecified atom stereocenters. The minimum atomic E-state index is -0.970. The average Bonchev–Trinajstić information content (AvgIpc) is 2.72. The summed E-state index contributed by atoms with van der Waals surface area (Å²) in [6, 6.07) is 9.21. The predicted molar refractivity (Wildman–Crippen MR) is 60.3 cm³/mol. The Hall–Kier alpha value is -1.51. The molecule has 1 aliphatic carbocycles. The Morgan fingerprint density at radius 2 is 2.12 bits per heavy atom. The van der Waals surface area contributed by atoms with E-state index in [1.54, 1.807) is 0 Å². The second-order valence-corrected chi connectivity index (χ2v) is 3.93. The Kier molecular flexibility index (Phi) is 2.76. The molecule has 1 aromatic rings. The van der Waals surface area contributed by atoms with E-state index in [9.17, 15) is 4.79 Å². The monoisotopic (exact) mass is 221 g/mol. The van der Waals surface area contributed by atoms with Crippen molar-refractivity contribution in [2.45, 2.75) is 31.3 Å². The molecule has 0 N–H and O–H groups in total. The number of hydrogen-bond donors (Lipinski definition) is 0. The number of carbonyl (C=O) groups is 1. The van der Waals surface area contributed by atoms with Crippen LogP contribution in [0.1, 0.15) is 27.0 Å². The van der Waals surface area contributed by atoms with Crippen LogP contribution in [0.2, 0.25) is 0 Å². The molecule has 2 rings (SSSR count). The number of rotatable bonds is 3. The maximum absolute atomic E-state index is 11.9. The minimum absolute atomic E-state index is 0.252. The molecule has 1 fully saturated rings. The van der Waals surface area contributed by atoms with Crippen molar-refractivity contribution in [3.8, 4) is 5.75 Å². The van der Waals surface area contributed by atoms with Crippen LogP contribution in [0.4, 0.5) is 0 Å². The standard InChI is InChI=1S/C13H16O3/c1-15-12(14)13(9-5-6-10-13)16-11-7-3-2-4-8-11/h2-4,7-8H,5-6,9-10H2,1H3/i5D. The van der Waals surface area contributed by atoms with E-state index in [-0.39, 0.29) is 12.4 Å². The second kappa shape index (κ2) is 4.56. The Morgan fingerprint density at radius 1 is 1.38 bits per heavy atom. The first kappa shape index (κ1) is 9.70. The maximum atomic E-state index is 11.9. The van der Waals surface area contributed by atoms with Gasteiger partial charge in [-0.3, -0.25) is 0 Å². The van der Waals surface area contributed by atoms with Crippen molar-refractivity contribution in [3.05, 3.63) is 30.3 Å². The number of carbonyl (C=O) groups excluding carboxylic acids is 1. The van der Waals surface area contributed by atoms with Gasteiger partial charge < -0.3 is 9.47 Å². The predicted octanol–water partition coefficient (Wildman–Crippen LogP) is 2.55. The molecule has 0 saturated heterocycles. The number of benzene rings is 1. The van der Waals surface area contributed by atoms with Gasteiger partial charge in [-0.05, 0) is 37.8 Å². The first-order valence-corrected chi connectivity index (χ1v) is 5.41. The van der Waals surface area contributed by atoms with Crippen LogP contribution in [0.5, 0.6) is 5.75 Å². The molecule has 0 radical (unpaired) electrons. The number of esters is 1. The molecule has 0 heterocycles. The SMILES string of the molecule is [2H]C1CCC(Oc2ccccc2)(C(=O)OC)C1. The molecule has 2 atom stereocenters. The molecular formula is C13H16O3. The van der Waals surface area contributed by atoms with Crippen molar-refractivity contribution in [2.24, 2.45) is 0 Å². The summed E-state index contributed by atoms with van der Waals surface area (Å²) in [5, 5.41) is 0. The topological polar surface area (TPSA) is 35.5 Å². The van der Waals surface area contributed by atoms with Crippen LogP contribution in [0.15, 0.2) is 30.3 Å². The number of methoxy groups -OCH3 is 1. The fourth-order valence-corrected chi connectivity index (χ4v) is 1.99. The Labute approximate surface area is 96.8 Å². The van der Waals surface area contributed by atoms with Crippen molar-refractivity contribution in [2.75, 3.05) is 7.11 Å². The zero-order chi connectivity index (χ0) is 12.3. The smallest absolute Gasteiger partial charge is 0.350 e. The number of hydrogen-bond acceptors (Lipinski definition) is 3. The van der Waals surface area contributed by atoms with E-state index in [1.807, 2.05) is 30.3 Å². The summed E-state index contributed by atoms with van der Waals surface area (Å²) in [5.74, 6) is 0.267. The third-order valence-corrected chi connectivity index (χ3v) is 2.84. The summed E-state index contributed by atoms with van der Waals surface area (Å²) in [6.07, 6.45) is 1.36. The lowest BCUT2D eigenvalue weighted by molar-refractivity contribution is -0.158. The van der Waals surface area contributed by atoms with E-state index in [1.165, 1.54) is 7.11 Å². The molecule has 16 heavy (non-hydrogen) atoms.